The Balaban J connectivity index is 1.66. The number of benzene rings is 3. The average Bonchev–Trinajstić information content (AvgIpc) is 3.16. The van der Waals surface area contributed by atoms with Gasteiger partial charge in [-0.25, -0.2) is 4.79 Å². The molecule has 0 fully saturated rings. The Morgan fingerprint density at radius 2 is 1.52 bits per heavy atom. The van der Waals surface area contributed by atoms with Gasteiger partial charge in [0.2, 0.25) is 0 Å². The lowest BCUT2D eigenvalue weighted by atomic mass is 9.85. The zero-order chi connectivity index (χ0) is 20.3. The second-order valence-corrected chi connectivity index (χ2v) is 8.00. The molecule has 3 aromatic carbocycles. The van der Waals surface area contributed by atoms with Crippen LogP contribution < -0.4 is 5.32 Å². The van der Waals surface area contributed by atoms with Gasteiger partial charge in [-0.1, -0.05) is 94.8 Å². The predicted octanol–water partition coefficient (Wildman–Crippen LogP) is 5.00. The van der Waals surface area contributed by atoms with Crippen molar-refractivity contribution in [1.29, 1.82) is 0 Å². The molecule has 0 spiro atoms. The standard InChI is InChI=1S/C24H21BrN2O2/c1-24(19-14-8-9-15-20(19)25)22(26-16-27-24)23(28)29-21(17-10-4-2-5-11-17)18-12-6-3-7-13-18/h2-16,21-22H,1H3,(H,26,27)/t22-,24-/m0/s1. The number of esters is 1. The van der Waals surface area contributed by atoms with Gasteiger partial charge in [0.15, 0.2) is 12.1 Å². The van der Waals surface area contributed by atoms with Crippen LogP contribution in [-0.2, 0) is 15.1 Å². The molecule has 1 heterocycles. The molecule has 1 aliphatic rings. The van der Waals surface area contributed by atoms with Crippen molar-refractivity contribution in [3.05, 3.63) is 106 Å². The van der Waals surface area contributed by atoms with Gasteiger partial charge in [-0.2, -0.15) is 0 Å². The average molecular weight is 449 g/mol. The molecular weight excluding hydrogens is 428 g/mol. The molecule has 0 saturated carbocycles. The zero-order valence-corrected chi connectivity index (χ0v) is 17.5. The predicted molar refractivity (Wildman–Crippen MR) is 118 cm³/mol. The lowest BCUT2D eigenvalue weighted by Gasteiger charge is -2.32. The molecule has 4 rings (SSSR count). The molecule has 0 amide bonds. The number of hydrogen-bond donors (Lipinski definition) is 1. The van der Waals surface area contributed by atoms with E-state index in [0.717, 1.165) is 21.2 Å². The maximum Gasteiger partial charge on any atom is 0.334 e. The quantitative estimate of drug-likeness (QED) is 0.558. The lowest BCUT2D eigenvalue weighted by Crippen LogP contribution is -2.47. The van der Waals surface area contributed by atoms with E-state index in [1.807, 2.05) is 91.9 Å². The van der Waals surface area contributed by atoms with Crippen LogP contribution in [0.3, 0.4) is 0 Å². The third-order valence-corrected chi connectivity index (χ3v) is 5.92. The van der Waals surface area contributed by atoms with E-state index in [1.54, 1.807) is 6.34 Å². The Morgan fingerprint density at radius 1 is 0.966 bits per heavy atom. The lowest BCUT2D eigenvalue weighted by molar-refractivity contribution is -0.150. The van der Waals surface area contributed by atoms with Crippen LogP contribution in [0.15, 0.2) is 94.4 Å². The number of halogens is 1. The van der Waals surface area contributed by atoms with Gasteiger partial charge >= 0.3 is 5.97 Å². The van der Waals surface area contributed by atoms with Gasteiger partial charge in [0.25, 0.3) is 0 Å². The highest BCUT2D eigenvalue weighted by Crippen LogP contribution is 2.36. The Kier molecular flexibility index (Phi) is 5.49. The second-order valence-electron chi connectivity index (χ2n) is 7.15. The monoisotopic (exact) mass is 448 g/mol. The highest BCUT2D eigenvalue weighted by Gasteiger charge is 2.45. The fraction of sp³-hybridized carbons (Fsp3) is 0.167. The summed E-state index contributed by atoms with van der Waals surface area (Å²) in [5.41, 5.74) is 2.10. The van der Waals surface area contributed by atoms with Crippen molar-refractivity contribution in [2.24, 2.45) is 4.99 Å². The summed E-state index contributed by atoms with van der Waals surface area (Å²) in [6.45, 7) is 1.96. The van der Waals surface area contributed by atoms with Crippen molar-refractivity contribution < 1.29 is 9.53 Å². The topological polar surface area (TPSA) is 50.7 Å². The van der Waals surface area contributed by atoms with E-state index in [1.165, 1.54) is 0 Å². The number of carbonyl (C=O) groups is 1. The molecule has 0 bridgehead atoms. The minimum absolute atomic E-state index is 0.373. The van der Waals surface area contributed by atoms with Gasteiger partial charge in [0.05, 0.1) is 11.9 Å². The van der Waals surface area contributed by atoms with Crippen molar-refractivity contribution in [1.82, 2.24) is 5.32 Å². The maximum absolute atomic E-state index is 13.3. The number of nitrogens with one attached hydrogen (secondary N) is 1. The van der Waals surface area contributed by atoms with Crippen LogP contribution in [-0.4, -0.2) is 18.3 Å². The molecule has 3 aromatic rings. The molecule has 4 nitrogen and oxygen atoms in total. The summed E-state index contributed by atoms with van der Waals surface area (Å²) < 4.78 is 6.97. The van der Waals surface area contributed by atoms with E-state index in [-0.39, 0.29) is 5.97 Å². The van der Waals surface area contributed by atoms with Gasteiger partial charge in [-0.05, 0) is 29.7 Å². The summed E-state index contributed by atoms with van der Waals surface area (Å²) in [5.74, 6) is -0.373. The van der Waals surface area contributed by atoms with E-state index in [0.29, 0.717) is 0 Å². The highest BCUT2D eigenvalue weighted by molar-refractivity contribution is 9.10. The highest BCUT2D eigenvalue weighted by atomic mass is 79.9. The molecule has 0 unspecified atom stereocenters. The third-order valence-electron chi connectivity index (χ3n) is 5.23. The van der Waals surface area contributed by atoms with E-state index in [4.69, 9.17) is 4.74 Å². The van der Waals surface area contributed by atoms with Gasteiger partial charge in [0, 0.05) is 4.47 Å². The number of aliphatic imine (C=N–C) groups is 1. The molecule has 0 saturated heterocycles. The van der Waals surface area contributed by atoms with Crippen molar-refractivity contribution in [2.75, 3.05) is 0 Å². The van der Waals surface area contributed by atoms with Gasteiger partial charge in [-0.15, -0.1) is 0 Å². The Morgan fingerprint density at radius 3 is 2.10 bits per heavy atom. The fourth-order valence-electron chi connectivity index (χ4n) is 3.64. The first-order valence-corrected chi connectivity index (χ1v) is 10.2. The van der Waals surface area contributed by atoms with Gasteiger partial charge < -0.3 is 10.1 Å². The van der Waals surface area contributed by atoms with Crippen LogP contribution in [0.1, 0.15) is 29.7 Å². The molecule has 0 aliphatic carbocycles. The van der Waals surface area contributed by atoms with Gasteiger partial charge in [0.1, 0.15) is 0 Å². The summed E-state index contributed by atoms with van der Waals surface area (Å²) in [4.78, 5) is 17.7. The minimum atomic E-state index is -0.699. The second kappa shape index (κ2) is 8.21. The van der Waals surface area contributed by atoms with E-state index in [9.17, 15) is 4.79 Å². The fourth-order valence-corrected chi connectivity index (χ4v) is 4.34. The van der Waals surface area contributed by atoms with Crippen LogP contribution in [0, 0.1) is 0 Å². The number of hydrogen-bond acceptors (Lipinski definition) is 4. The normalized spacial score (nSPS) is 20.4. The molecule has 0 radical (unpaired) electrons. The summed E-state index contributed by atoms with van der Waals surface area (Å²) in [6, 6.07) is 26.7. The Labute approximate surface area is 178 Å². The van der Waals surface area contributed by atoms with E-state index in [2.05, 4.69) is 26.2 Å². The molecule has 0 aromatic heterocycles. The molecule has 146 valence electrons. The van der Waals surface area contributed by atoms with E-state index < -0.39 is 17.7 Å². The molecule has 2 atom stereocenters. The molecule has 1 aliphatic heterocycles. The van der Waals surface area contributed by atoms with Crippen molar-refractivity contribution in [3.63, 3.8) is 0 Å². The SMILES string of the molecule is C[C@@]1(c2ccccc2Br)NC=N[C@H]1C(=O)OC(c1ccccc1)c1ccccc1. The number of nitrogens with zero attached hydrogens (tertiary/aromatic N) is 1. The smallest absolute Gasteiger partial charge is 0.334 e. The Bertz CT molecular complexity index is 984. The Hall–Kier alpha value is -2.92. The van der Waals surface area contributed by atoms with Crippen molar-refractivity contribution in [2.45, 2.75) is 24.6 Å². The van der Waals surface area contributed by atoms with E-state index >= 15 is 0 Å². The first-order valence-electron chi connectivity index (χ1n) is 9.44. The molecule has 5 heteroatoms. The number of rotatable bonds is 5. The third kappa shape index (κ3) is 3.83. The zero-order valence-electron chi connectivity index (χ0n) is 16.0. The summed E-state index contributed by atoms with van der Waals surface area (Å²) in [5, 5.41) is 3.25. The number of carbonyl (C=O) groups excluding carboxylic acids is 1. The van der Waals surface area contributed by atoms with Crippen LogP contribution in [0.2, 0.25) is 0 Å². The first kappa shape index (κ1) is 19.4. The maximum atomic E-state index is 13.3. The van der Waals surface area contributed by atoms with Crippen molar-refractivity contribution >= 4 is 28.2 Å². The molecular formula is C24H21BrN2O2. The van der Waals surface area contributed by atoms with Crippen LogP contribution in [0.25, 0.3) is 0 Å². The molecule has 29 heavy (non-hydrogen) atoms. The first-order chi connectivity index (χ1) is 14.1. The summed E-state index contributed by atoms with van der Waals surface area (Å²) in [6.07, 6.45) is 1.09. The van der Waals surface area contributed by atoms with Gasteiger partial charge in [-0.3, -0.25) is 4.99 Å². The minimum Gasteiger partial charge on any atom is -0.451 e. The number of ether oxygens (including phenoxy) is 1. The summed E-state index contributed by atoms with van der Waals surface area (Å²) >= 11 is 3.59. The van der Waals surface area contributed by atoms with Crippen LogP contribution >= 0.6 is 15.9 Å². The summed E-state index contributed by atoms with van der Waals surface area (Å²) in [7, 11) is 0. The van der Waals surface area contributed by atoms with Crippen LogP contribution in [0.5, 0.6) is 0 Å². The van der Waals surface area contributed by atoms with Crippen molar-refractivity contribution in [3.8, 4) is 0 Å². The molecule has 1 N–H and O–H groups in total. The largest absolute Gasteiger partial charge is 0.451 e. The van der Waals surface area contributed by atoms with Crippen LogP contribution in [0.4, 0.5) is 0 Å².